The fraction of sp³-hybridized carbons (Fsp3) is 0.360. The minimum absolute atomic E-state index is 0.0342. The van der Waals surface area contributed by atoms with Gasteiger partial charge in [-0.05, 0) is 48.5 Å². The zero-order valence-corrected chi connectivity index (χ0v) is 23.9. The van der Waals surface area contributed by atoms with E-state index >= 15 is 0 Å². The summed E-state index contributed by atoms with van der Waals surface area (Å²) < 4.78 is 28.6. The molecular formula is C25H26Br2N6O6. The van der Waals surface area contributed by atoms with E-state index in [4.69, 9.17) is 18.9 Å². The number of hydrogen-bond acceptors (Lipinski definition) is 10. The van der Waals surface area contributed by atoms with Gasteiger partial charge in [-0.2, -0.15) is 0 Å². The predicted octanol–water partition coefficient (Wildman–Crippen LogP) is 2.57. The number of halogens is 2. The van der Waals surface area contributed by atoms with Crippen LogP contribution in [0.2, 0.25) is 0 Å². The Balaban J connectivity index is 1.28. The van der Waals surface area contributed by atoms with E-state index in [1.54, 1.807) is 21.8 Å². The van der Waals surface area contributed by atoms with Crippen LogP contribution in [0.15, 0.2) is 69.9 Å². The number of ether oxygens (including phenoxy) is 4. The summed E-state index contributed by atoms with van der Waals surface area (Å²) in [7, 11) is 1.46. The molecule has 2 aromatic carbocycles. The lowest BCUT2D eigenvalue weighted by atomic mass is 9.98. The van der Waals surface area contributed by atoms with Crippen molar-refractivity contribution in [2.45, 2.75) is 43.9 Å². The van der Waals surface area contributed by atoms with Crippen LogP contribution in [0.25, 0.3) is 11.4 Å². The van der Waals surface area contributed by atoms with E-state index in [1.807, 2.05) is 48.5 Å². The van der Waals surface area contributed by atoms with Gasteiger partial charge in [-0.1, -0.05) is 42.3 Å². The van der Waals surface area contributed by atoms with Crippen LogP contribution in [-0.4, -0.2) is 84.6 Å². The molecule has 0 aliphatic carbocycles. The maximum absolute atomic E-state index is 10.9. The average Bonchev–Trinajstić information content (AvgIpc) is 3.62. The van der Waals surface area contributed by atoms with Gasteiger partial charge >= 0.3 is 0 Å². The zero-order valence-electron chi connectivity index (χ0n) is 20.7. The quantitative estimate of drug-likeness (QED) is 0.260. The number of hydrogen-bond donors (Lipinski definition) is 2. The molecule has 2 aromatic heterocycles. The van der Waals surface area contributed by atoms with Crippen LogP contribution in [-0.2, 0) is 32.2 Å². The largest absolute Gasteiger partial charge is 0.394 e. The Morgan fingerprint density at radius 2 is 1.31 bits per heavy atom. The third-order valence-electron chi connectivity index (χ3n) is 6.14. The molecule has 1 fully saturated rings. The second-order valence-electron chi connectivity index (χ2n) is 8.76. The molecule has 2 unspecified atom stereocenters. The lowest BCUT2D eigenvalue weighted by Gasteiger charge is -2.43. The van der Waals surface area contributed by atoms with E-state index in [2.05, 4.69) is 52.5 Å². The Morgan fingerprint density at radius 1 is 0.821 bits per heavy atom. The summed E-state index contributed by atoms with van der Waals surface area (Å²) >= 11 is 6.84. The van der Waals surface area contributed by atoms with Crippen LogP contribution in [0.1, 0.15) is 11.4 Å². The van der Waals surface area contributed by atoms with Gasteiger partial charge in [0.05, 0.1) is 43.6 Å². The molecule has 1 aliphatic rings. The molecule has 4 aromatic rings. The molecule has 12 nitrogen and oxygen atoms in total. The molecule has 3 heterocycles. The molecule has 5 rings (SSSR count). The first-order chi connectivity index (χ1) is 18.9. The Labute approximate surface area is 240 Å². The summed E-state index contributed by atoms with van der Waals surface area (Å²) in [5, 5.41) is 37.4. The minimum atomic E-state index is -1.19. The normalized spacial score (nSPS) is 23.3. The van der Waals surface area contributed by atoms with E-state index in [1.165, 1.54) is 7.11 Å². The molecule has 0 bridgehead atoms. The van der Waals surface area contributed by atoms with Crippen molar-refractivity contribution >= 4 is 31.9 Å². The van der Waals surface area contributed by atoms with Crippen LogP contribution >= 0.6 is 31.9 Å². The standard InChI is InChI=1S/C25H26Br2N6O6/c1-36-25-24(38-14-18-11-33(31-29-18)20-8-4-16(27)5-9-20)23(22(35)21(12-34)39-25)37-13-17-10-32(30-28-17)19-6-2-15(26)3-7-19/h2-11,21-25,34-35H,12-14H2,1H3/t21?,22-,23-,24?,25+/m0/s1. The summed E-state index contributed by atoms with van der Waals surface area (Å²) in [6.07, 6.45) is -1.27. The van der Waals surface area contributed by atoms with Crippen molar-refractivity contribution in [3.05, 3.63) is 81.3 Å². The van der Waals surface area contributed by atoms with E-state index in [-0.39, 0.29) is 13.2 Å². The molecule has 39 heavy (non-hydrogen) atoms. The van der Waals surface area contributed by atoms with Gasteiger partial charge in [-0.25, -0.2) is 9.36 Å². The van der Waals surface area contributed by atoms with Crippen LogP contribution < -0.4 is 0 Å². The number of benzene rings is 2. The van der Waals surface area contributed by atoms with Gasteiger partial charge in [0.2, 0.25) is 0 Å². The lowest BCUT2D eigenvalue weighted by Crippen LogP contribution is -2.60. The van der Waals surface area contributed by atoms with Gasteiger partial charge < -0.3 is 29.2 Å². The fourth-order valence-corrected chi connectivity index (χ4v) is 4.66. The van der Waals surface area contributed by atoms with Crippen molar-refractivity contribution in [1.82, 2.24) is 30.0 Å². The van der Waals surface area contributed by atoms with Crippen molar-refractivity contribution in [2.75, 3.05) is 13.7 Å². The van der Waals surface area contributed by atoms with Gasteiger partial charge in [0.15, 0.2) is 6.29 Å². The van der Waals surface area contributed by atoms with Gasteiger partial charge in [0.25, 0.3) is 0 Å². The first-order valence-electron chi connectivity index (χ1n) is 12.0. The van der Waals surface area contributed by atoms with E-state index in [9.17, 15) is 10.2 Å². The van der Waals surface area contributed by atoms with E-state index < -0.39 is 37.3 Å². The summed E-state index contributed by atoms with van der Waals surface area (Å²) in [6.45, 7) is -0.331. The third-order valence-corrected chi connectivity index (χ3v) is 7.20. The fourth-order valence-electron chi connectivity index (χ4n) is 4.13. The van der Waals surface area contributed by atoms with Crippen LogP contribution in [0.3, 0.4) is 0 Å². The van der Waals surface area contributed by atoms with Crippen molar-refractivity contribution < 1.29 is 29.2 Å². The predicted molar refractivity (Wildman–Crippen MR) is 144 cm³/mol. The second-order valence-corrected chi connectivity index (χ2v) is 10.6. The summed E-state index contributed by atoms with van der Waals surface area (Å²) in [6, 6.07) is 15.2. The minimum Gasteiger partial charge on any atom is -0.394 e. The zero-order chi connectivity index (χ0) is 27.4. The maximum atomic E-state index is 10.9. The van der Waals surface area contributed by atoms with E-state index in [0.29, 0.717) is 11.4 Å². The summed E-state index contributed by atoms with van der Waals surface area (Å²) in [5.41, 5.74) is 2.77. The second kappa shape index (κ2) is 12.7. The van der Waals surface area contributed by atoms with Gasteiger partial charge in [-0.15, -0.1) is 10.2 Å². The van der Waals surface area contributed by atoms with Crippen molar-refractivity contribution in [3.8, 4) is 11.4 Å². The number of nitrogens with zero attached hydrogens (tertiary/aromatic N) is 6. The van der Waals surface area contributed by atoms with E-state index in [0.717, 1.165) is 20.3 Å². The smallest absolute Gasteiger partial charge is 0.186 e. The highest BCUT2D eigenvalue weighted by Gasteiger charge is 2.47. The topological polar surface area (TPSA) is 139 Å². The maximum Gasteiger partial charge on any atom is 0.186 e. The monoisotopic (exact) mass is 664 g/mol. The lowest BCUT2D eigenvalue weighted by molar-refractivity contribution is -0.314. The average molecular weight is 666 g/mol. The van der Waals surface area contributed by atoms with Crippen molar-refractivity contribution in [1.29, 1.82) is 0 Å². The third kappa shape index (κ3) is 6.61. The Morgan fingerprint density at radius 3 is 1.77 bits per heavy atom. The molecular weight excluding hydrogens is 640 g/mol. The molecule has 0 radical (unpaired) electrons. The molecule has 0 spiro atoms. The molecule has 206 valence electrons. The Hall–Kier alpha value is -2.56. The molecule has 5 atom stereocenters. The van der Waals surface area contributed by atoms with Gasteiger partial charge in [0.1, 0.15) is 35.8 Å². The molecule has 1 aliphatic heterocycles. The van der Waals surface area contributed by atoms with Crippen LogP contribution in [0, 0.1) is 0 Å². The van der Waals surface area contributed by atoms with Crippen LogP contribution in [0.5, 0.6) is 0 Å². The number of aromatic nitrogens is 6. The van der Waals surface area contributed by atoms with Crippen molar-refractivity contribution in [3.63, 3.8) is 0 Å². The highest BCUT2D eigenvalue weighted by atomic mass is 79.9. The SMILES string of the molecule is CO[C@@H]1OC(CO)[C@H](O)[C@H](OCc2cn(-c3ccc(Br)cc3)nn2)C1OCc1cn(-c2ccc(Br)cc2)nn1. The number of aliphatic hydroxyl groups is 2. The highest BCUT2D eigenvalue weighted by molar-refractivity contribution is 9.10. The summed E-state index contributed by atoms with van der Waals surface area (Å²) in [5.74, 6) is 0. The molecule has 2 N–H and O–H groups in total. The Kier molecular flexibility index (Phi) is 9.14. The molecule has 0 saturated carbocycles. The molecule has 0 amide bonds. The molecule has 1 saturated heterocycles. The highest BCUT2D eigenvalue weighted by Crippen LogP contribution is 2.28. The van der Waals surface area contributed by atoms with Gasteiger partial charge in [0, 0.05) is 16.1 Å². The number of aliphatic hydroxyl groups excluding tert-OH is 2. The molecule has 14 heteroatoms. The van der Waals surface area contributed by atoms with Gasteiger partial charge in [-0.3, -0.25) is 0 Å². The van der Waals surface area contributed by atoms with Crippen LogP contribution in [0.4, 0.5) is 0 Å². The number of methoxy groups -OCH3 is 1. The first kappa shape index (κ1) is 28.0. The number of rotatable bonds is 10. The Bertz CT molecular complexity index is 1350. The van der Waals surface area contributed by atoms with Crippen molar-refractivity contribution in [2.24, 2.45) is 0 Å². The summed E-state index contributed by atoms with van der Waals surface area (Å²) in [4.78, 5) is 0. The first-order valence-corrected chi connectivity index (χ1v) is 13.6.